The Morgan fingerprint density at radius 3 is 2.39 bits per heavy atom. The minimum Gasteiger partial charge on any atom is -0.497 e. The third-order valence-electron chi connectivity index (χ3n) is 9.19. The van der Waals surface area contributed by atoms with Gasteiger partial charge in [-0.2, -0.15) is 0 Å². The first-order valence-corrected chi connectivity index (χ1v) is 19.3. The minimum absolute atomic E-state index is 0.0905. The molecule has 1 amide bonds. The van der Waals surface area contributed by atoms with E-state index in [9.17, 15) is 21.6 Å². The summed E-state index contributed by atoms with van der Waals surface area (Å²) in [6.07, 6.45) is 8.97. The average molecular weight is 661 g/mol. The number of hydrogen-bond acceptors (Lipinski definition) is 6. The number of sulfonamides is 1. The van der Waals surface area contributed by atoms with Gasteiger partial charge in [0.05, 0.1) is 23.8 Å². The summed E-state index contributed by atoms with van der Waals surface area (Å²) in [6.45, 7) is 3.49. The van der Waals surface area contributed by atoms with Crippen molar-refractivity contribution in [2.45, 2.75) is 69.4 Å². The largest absolute Gasteiger partial charge is 0.497 e. The Balaban J connectivity index is 1.62. The van der Waals surface area contributed by atoms with Crippen LogP contribution in [0.3, 0.4) is 0 Å². The van der Waals surface area contributed by atoms with Crippen LogP contribution in [0.25, 0.3) is 33.8 Å². The Morgan fingerprint density at radius 1 is 0.957 bits per heavy atom. The lowest BCUT2D eigenvalue weighted by molar-refractivity contribution is 0.0981. The van der Waals surface area contributed by atoms with Gasteiger partial charge in [0.25, 0.3) is 5.91 Å². The Kier molecular flexibility index (Phi) is 8.63. The number of nitrogens with one attached hydrogen (secondary N) is 1. The number of aromatic nitrogens is 1. The first-order chi connectivity index (χ1) is 21.9. The van der Waals surface area contributed by atoms with E-state index in [0.717, 1.165) is 64.5 Å². The van der Waals surface area contributed by atoms with E-state index in [0.29, 0.717) is 23.8 Å². The fourth-order valence-corrected chi connectivity index (χ4v) is 8.32. The van der Waals surface area contributed by atoms with Crippen LogP contribution in [0, 0.1) is 0 Å². The molecule has 2 heterocycles. The summed E-state index contributed by atoms with van der Waals surface area (Å²) >= 11 is 0. The monoisotopic (exact) mass is 660 g/mol. The molecular weight excluding hydrogens is 621 g/mol. The first kappa shape index (κ1) is 32.1. The van der Waals surface area contributed by atoms with Gasteiger partial charge in [0.1, 0.15) is 5.75 Å². The minimum atomic E-state index is -3.82. The van der Waals surface area contributed by atoms with E-state index in [1.807, 2.05) is 42.5 Å². The van der Waals surface area contributed by atoms with Crippen molar-refractivity contribution in [3.63, 3.8) is 0 Å². The molecule has 0 bridgehead atoms. The van der Waals surface area contributed by atoms with Crippen LogP contribution in [0.5, 0.6) is 5.75 Å². The molecule has 4 aromatic rings. The number of carbonyl (C=O) groups is 1. The molecule has 1 aromatic heterocycles. The highest BCUT2D eigenvalue weighted by Gasteiger charge is 2.31. The van der Waals surface area contributed by atoms with Crippen molar-refractivity contribution in [3.05, 3.63) is 88.5 Å². The van der Waals surface area contributed by atoms with Crippen LogP contribution >= 0.6 is 0 Å². The van der Waals surface area contributed by atoms with Crippen LogP contribution in [0.1, 0.15) is 84.5 Å². The zero-order valence-corrected chi connectivity index (χ0v) is 28.3. The van der Waals surface area contributed by atoms with Crippen LogP contribution in [0.2, 0.25) is 0 Å². The Labute approximate surface area is 271 Å². The van der Waals surface area contributed by atoms with Gasteiger partial charge in [0.2, 0.25) is 10.0 Å². The van der Waals surface area contributed by atoms with Crippen LogP contribution in [0.4, 0.5) is 0 Å². The molecule has 10 heteroatoms. The van der Waals surface area contributed by atoms with Gasteiger partial charge >= 0.3 is 0 Å². The van der Waals surface area contributed by atoms with E-state index in [2.05, 4.69) is 21.4 Å². The summed E-state index contributed by atoms with van der Waals surface area (Å²) in [6, 6.07) is 19.1. The molecular formula is C36H40N2O6S2. The molecule has 3 aromatic carbocycles. The summed E-state index contributed by atoms with van der Waals surface area (Å²) in [5, 5.41) is 0.286. The number of methoxy groups -OCH3 is 1. The molecule has 0 saturated heterocycles. The number of nitrogens with zero attached hydrogens (tertiary/aromatic N) is 1. The van der Waals surface area contributed by atoms with Crippen molar-refractivity contribution in [3.8, 4) is 17.0 Å². The fourth-order valence-electron chi connectivity index (χ4n) is 6.89. The number of amides is 1. The third-order valence-corrected chi connectivity index (χ3v) is 11.7. The molecule has 0 atom stereocenters. The standard InChI is InChI=1S/C36H40N2O6S2/c1-23(2)46(42,43)37-36(39)25-14-16-32-33(20-25)38-21-28(30-13-9-8-12-26(30)22-45(4,40)41)18-27-19-29(44-3)15-17-31(27)35(38)34(32)24-10-6-5-7-11-24/h8-9,12-20,23-24H,5-7,10-11,21-22H2,1-4H3,(H,37,39). The van der Waals surface area contributed by atoms with Crippen LogP contribution < -0.4 is 9.46 Å². The van der Waals surface area contributed by atoms with Gasteiger partial charge in [0.15, 0.2) is 9.84 Å². The molecule has 8 nitrogen and oxygen atoms in total. The number of ether oxygens (including phenoxy) is 1. The van der Waals surface area contributed by atoms with Crippen molar-refractivity contribution in [2.75, 3.05) is 13.4 Å². The highest BCUT2D eigenvalue weighted by atomic mass is 32.2. The Morgan fingerprint density at radius 2 is 1.70 bits per heavy atom. The van der Waals surface area contributed by atoms with E-state index >= 15 is 0 Å². The molecule has 0 unspecified atom stereocenters. The number of carbonyl (C=O) groups excluding carboxylic acids is 1. The van der Waals surface area contributed by atoms with E-state index < -0.39 is 31.0 Å². The van der Waals surface area contributed by atoms with Crippen molar-refractivity contribution in [1.82, 2.24) is 9.29 Å². The lowest BCUT2D eigenvalue weighted by Gasteiger charge is -2.24. The molecule has 0 spiro atoms. The van der Waals surface area contributed by atoms with Crippen molar-refractivity contribution < 1.29 is 26.4 Å². The average Bonchev–Trinajstić information content (AvgIpc) is 3.23. The number of benzene rings is 3. The molecule has 1 aliphatic carbocycles. The molecule has 2 aliphatic rings. The Bertz CT molecular complexity index is 2090. The van der Waals surface area contributed by atoms with Crippen LogP contribution in [0.15, 0.2) is 60.7 Å². The lowest BCUT2D eigenvalue weighted by Crippen LogP contribution is -2.35. The summed E-state index contributed by atoms with van der Waals surface area (Å²) in [4.78, 5) is 13.3. The van der Waals surface area contributed by atoms with Crippen molar-refractivity contribution >= 4 is 48.3 Å². The molecule has 0 radical (unpaired) electrons. The van der Waals surface area contributed by atoms with Gasteiger partial charge in [-0.15, -0.1) is 0 Å². The summed E-state index contributed by atoms with van der Waals surface area (Å²) in [5.74, 6) is 0.279. The quantitative estimate of drug-likeness (QED) is 0.219. The first-order valence-electron chi connectivity index (χ1n) is 15.7. The fraction of sp³-hybridized carbons (Fsp3) is 0.361. The molecule has 1 fully saturated rings. The summed E-state index contributed by atoms with van der Waals surface area (Å²) in [5.41, 5.74) is 7.87. The summed E-state index contributed by atoms with van der Waals surface area (Å²) < 4.78 is 60.2. The van der Waals surface area contributed by atoms with E-state index in [-0.39, 0.29) is 11.3 Å². The van der Waals surface area contributed by atoms with Gasteiger partial charge in [-0.25, -0.2) is 21.6 Å². The number of rotatable bonds is 8. The maximum atomic E-state index is 13.3. The van der Waals surface area contributed by atoms with Gasteiger partial charge in [-0.3, -0.25) is 4.79 Å². The maximum absolute atomic E-state index is 13.3. The predicted molar refractivity (Wildman–Crippen MR) is 184 cm³/mol. The van der Waals surface area contributed by atoms with E-state index in [1.165, 1.54) is 32.1 Å². The van der Waals surface area contributed by atoms with Gasteiger partial charge in [-0.1, -0.05) is 49.6 Å². The number of fused-ring (bicyclic) bond motifs is 5. The zero-order valence-electron chi connectivity index (χ0n) is 26.7. The van der Waals surface area contributed by atoms with Gasteiger partial charge in [0, 0.05) is 34.8 Å². The molecule has 1 saturated carbocycles. The van der Waals surface area contributed by atoms with Gasteiger partial charge < -0.3 is 9.30 Å². The molecule has 1 aliphatic heterocycles. The lowest BCUT2D eigenvalue weighted by atomic mass is 9.81. The van der Waals surface area contributed by atoms with Crippen LogP contribution in [-0.2, 0) is 32.2 Å². The normalized spacial score (nSPS) is 15.6. The van der Waals surface area contributed by atoms with Crippen LogP contribution in [-0.4, -0.2) is 45.9 Å². The summed E-state index contributed by atoms with van der Waals surface area (Å²) in [7, 11) is -5.49. The highest BCUT2D eigenvalue weighted by molar-refractivity contribution is 7.90. The second-order valence-electron chi connectivity index (χ2n) is 12.8. The van der Waals surface area contributed by atoms with E-state index in [1.54, 1.807) is 19.2 Å². The van der Waals surface area contributed by atoms with E-state index in [4.69, 9.17) is 4.74 Å². The molecule has 46 heavy (non-hydrogen) atoms. The SMILES string of the molecule is COc1ccc2c(c1)C=C(c1ccccc1CS(C)(=O)=O)Cn1c-2c(C2CCCCC2)c2ccc(C(=O)NS(=O)(=O)C(C)C)cc21. The predicted octanol–water partition coefficient (Wildman–Crippen LogP) is 6.93. The second kappa shape index (κ2) is 12.4. The van der Waals surface area contributed by atoms with Gasteiger partial charge in [-0.05, 0) is 96.8 Å². The number of allylic oxidation sites excluding steroid dienone is 1. The topological polar surface area (TPSA) is 112 Å². The number of hydrogen-bond donors (Lipinski definition) is 1. The smallest absolute Gasteiger partial charge is 0.264 e. The zero-order chi connectivity index (χ0) is 32.8. The van der Waals surface area contributed by atoms with Crippen molar-refractivity contribution in [2.24, 2.45) is 0 Å². The highest BCUT2D eigenvalue weighted by Crippen LogP contribution is 2.48. The maximum Gasteiger partial charge on any atom is 0.264 e. The van der Waals surface area contributed by atoms with Crippen molar-refractivity contribution in [1.29, 1.82) is 0 Å². The second-order valence-corrected chi connectivity index (χ2v) is 17.2. The molecule has 6 rings (SSSR count). The molecule has 1 N–H and O–H groups in total. The number of sulfone groups is 1. The molecule has 242 valence electrons. The third kappa shape index (κ3) is 6.25. The Hall–Kier alpha value is -3.89.